The van der Waals surface area contributed by atoms with Crippen molar-refractivity contribution in [3.8, 4) is 17.1 Å². The molecule has 0 saturated carbocycles. The molecular formula is C27H25N5O4. The third-order valence-electron chi connectivity index (χ3n) is 5.52. The van der Waals surface area contributed by atoms with E-state index in [0.29, 0.717) is 5.82 Å². The highest BCUT2D eigenvalue weighted by atomic mass is 16.6. The molecule has 0 aliphatic carbocycles. The van der Waals surface area contributed by atoms with Crippen LogP contribution >= 0.6 is 0 Å². The average Bonchev–Trinajstić information content (AvgIpc) is 3.30. The fraction of sp³-hybridized carbons (Fsp3) is 0.148. The normalized spacial score (nSPS) is 11.5. The first-order chi connectivity index (χ1) is 17.5. The molecule has 0 saturated heterocycles. The second kappa shape index (κ2) is 11.2. The lowest BCUT2D eigenvalue weighted by molar-refractivity contribution is -0.145. The predicted molar refractivity (Wildman–Crippen MR) is 133 cm³/mol. The summed E-state index contributed by atoms with van der Waals surface area (Å²) in [5, 5.41) is 7.35. The fourth-order valence-corrected chi connectivity index (χ4v) is 3.80. The Kier molecular flexibility index (Phi) is 7.62. The molecule has 36 heavy (non-hydrogen) atoms. The molecule has 0 radical (unpaired) electrons. The van der Waals surface area contributed by atoms with Crippen molar-refractivity contribution in [1.82, 2.24) is 25.6 Å². The molecule has 0 spiro atoms. The van der Waals surface area contributed by atoms with Gasteiger partial charge in [0.05, 0.1) is 18.4 Å². The number of hydrogen-bond acceptors (Lipinski definition) is 6. The number of nitrogens with zero attached hydrogens (tertiary/aromatic N) is 3. The Morgan fingerprint density at radius 2 is 1.67 bits per heavy atom. The van der Waals surface area contributed by atoms with E-state index in [1.807, 2.05) is 73.1 Å². The lowest BCUT2D eigenvalue weighted by atomic mass is 10.0. The fourth-order valence-electron chi connectivity index (χ4n) is 3.80. The number of Topliss-reactive ketones (excluding diaryl/α,β-unsaturated/α-hetero) is 1. The summed E-state index contributed by atoms with van der Waals surface area (Å²) in [5.74, 6) is -2.05. The Labute approximate surface area is 208 Å². The van der Waals surface area contributed by atoms with Crippen LogP contribution in [-0.4, -0.2) is 45.5 Å². The van der Waals surface area contributed by atoms with Crippen LogP contribution in [0.3, 0.4) is 0 Å². The number of benzene rings is 2. The van der Waals surface area contributed by atoms with Crippen molar-refractivity contribution >= 4 is 17.6 Å². The molecule has 2 aromatic heterocycles. The van der Waals surface area contributed by atoms with Crippen LogP contribution in [0.15, 0.2) is 85.2 Å². The monoisotopic (exact) mass is 483 g/mol. The maximum absolute atomic E-state index is 13.4. The van der Waals surface area contributed by atoms with Crippen molar-refractivity contribution in [1.29, 1.82) is 0 Å². The van der Waals surface area contributed by atoms with Gasteiger partial charge in [-0.3, -0.25) is 19.2 Å². The molecule has 9 nitrogen and oxygen atoms in total. The van der Waals surface area contributed by atoms with Crippen molar-refractivity contribution in [3.63, 3.8) is 0 Å². The first-order valence-corrected chi connectivity index (χ1v) is 11.3. The lowest BCUT2D eigenvalue weighted by Crippen LogP contribution is -2.48. The molecule has 4 aromatic rings. The number of amides is 2. The Balaban J connectivity index is 1.64. The molecule has 0 fully saturated rings. The summed E-state index contributed by atoms with van der Waals surface area (Å²) < 4.78 is 1.54. The van der Waals surface area contributed by atoms with Gasteiger partial charge < -0.3 is 5.32 Å². The molecule has 0 aliphatic heterocycles. The van der Waals surface area contributed by atoms with E-state index >= 15 is 0 Å². The number of aryl methyl sites for hydroxylation is 1. The second-order valence-corrected chi connectivity index (χ2v) is 8.06. The summed E-state index contributed by atoms with van der Waals surface area (Å²) in [6, 6.07) is 20.9. The molecule has 0 aliphatic rings. The van der Waals surface area contributed by atoms with E-state index in [1.165, 1.54) is 11.8 Å². The lowest BCUT2D eigenvalue weighted by Gasteiger charge is -2.18. The average molecular weight is 484 g/mol. The van der Waals surface area contributed by atoms with E-state index < -0.39 is 23.6 Å². The highest BCUT2D eigenvalue weighted by Crippen LogP contribution is 2.23. The van der Waals surface area contributed by atoms with Crippen LogP contribution in [0.5, 0.6) is 0 Å². The van der Waals surface area contributed by atoms with E-state index in [4.69, 9.17) is 0 Å². The van der Waals surface area contributed by atoms with Gasteiger partial charge in [-0.2, -0.15) is 5.10 Å². The zero-order chi connectivity index (χ0) is 25.5. The largest absolute Gasteiger partial charge is 0.341 e. The number of pyridine rings is 1. The highest BCUT2D eigenvalue weighted by molar-refractivity contribution is 6.38. The minimum Gasteiger partial charge on any atom is -0.341 e. The van der Waals surface area contributed by atoms with Gasteiger partial charge in [0, 0.05) is 24.4 Å². The molecule has 2 N–H and O–H groups in total. The molecule has 182 valence electrons. The van der Waals surface area contributed by atoms with Crippen LogP contribution in [0.2, 0.25) is 0 Å². The van der Waals surface area contributed by atoms with Crippen LogP contribution in [0.25, 0.3) is 17.1 Å². The summed E-state index contributed by atoms with van der Waals surface area (Å²) in [4.78, 5) is 47.4. The quantitative estimate of drug-likeness (QED) is 0.279. The van der Waals surface area contributed by atoms with Gasteiger partial charge in [0.25, 0.3) is 5.91 Å². The molecule has 9 heteroatoms. The molecule has 1 atom stereocenters. The summed E-state index contributed by atoms with van der Waals surface area (Å²) in [7, 11) is 1.23. The van der Waals surface area contributed by atoms with Crippen molar-refractivity contribution in [2.24, 2.45) is 0 Å². The Hall–Kier alpha value is -4.63. The standard InChI is InChI=1S/C27H25N5O4/c1-18-17-32(30-23(18)20-12-7-4-8-13-20)25-21(14-9-15-28-25)26(34)29-22(24(33)27(35)31-36-2)16-19-10-5-3-6-11-19/h3-15,17,22H,16H2,1-2H3,(H,29,34)(H,31,35)/t22-/m0/s1. The zero-order valence-electron chi connectivity index (χ0n) is 19.8. The van der Waals surface area contributed by atoms with Crippen molar-refractivity contribution in [3.05, 3.63) is 102 Å². The van der Waals surface area contributed by atoms with Gasteiger partial charge in [-0.25, -0.2) is 15.1 Å². The highest BCUT2D eigenvalue weighted by Gasteiger charge is 2.29. The minimum absolute atomic E-state index is 0.122. The van der Waals surface area contributed by atoms with E-state index in [1.54, 1.807) is 24.5 Å². The second-order valence-electron chi connectivity index (χ2n) is 8.06. The first-order valence-electron chi connectivity index (χ1n) is 11.3. The van der Waals surface area contributed by atoms with Gasteiger partial charge in [0.1, 0.15) is 6.04 Å². The van der Waals surface area contributed by atoms with Gasteiger partial charge in [-0.15, -0.1) is 0 Å². The number of hydrogen-bond donors (Lipinski definition) is 2. The number of carbonyl (C=O) groups is 3. The number of nitrogens with one attached hydrogen (secondary N) is 2. The van der Waals surface area contributed by atoms with Gasteiger partial charge in [0.2, 0.25) is 5.78 Å². The number of carbonyl (C=O) groups excluding carboxylic acids is 3. The maximum atomic E-state index is 13.4. The molecule has 0 unspecified atom stereocenters. The van der Waals surface area contributed by atoms with E-state index in [9.17, 15) is 14.4 Å². The van der Waals surface area contributed by atoms with Crippen molar-refractivity contribution in [2.75, 3.05) is 7.11 Å². The van der Waals surface area contributed by atoms with Crippen LogP contribution in [0, 0.1) is 6.92 Å². The summed E-state index contributed by atoms with van der Waals surface area (Å²) in [6.07, 6.45) is 3.47. The Bertz CT molecular complexity index is 1370. The van der Waals surface area contributed by atoms with E-state index in [0.717, 1.165) is 22.4 Å². The third-order valence-corrected chi connectivity index (χ3v) is 5.52. The van der Waals surface area contributed by atoms with Gasteiger partial charge >= 0.3 is 5.91 Å². The Morgan fingerprint density at radius 1 is 0.972 bits per heavy atom. The van der Waals surface area contributed by atoms with Crippen LogP contribution < -0.4 is 10.8 Å². The maximum Gasteiger partial charge on any atom is 0.313 e. The number of hydroxylamine groups is 1. The number of rotatable bonds is 9. The van der Waals surface area contributed by atoms with Crippen LogP contribution in [0.4, 0.5) is 0 Å². The van der Waals surface area contributed by atoms with Crippen molar-refractivity contribution < 1.29 is 19.2 Å². The third kappa shape index (κ3) is 5.53. The van der Waals surface area contributed by atoms with Crippen LogP contribution in [-0.2, 0) is 20.8 Å². The van der Waals surface area contributed by atoms with Gasteiger partial charge in [-0.05, 0) is 30.2 Å². The SMILES string of the molecule is CONC(=O)C(=O)[C@H](Cc1ccccc1)NC(=O)c1cccnc1-n1cc(C)c(-c2ccccc2)n1. The first kappa shape index (κ1) is 24.5. The topological polar surface area (TPSA) is 115 Å². The van der Waals surface area contributed by atoms with Gasteiger partial charge in [0.15, 0.2) is 5.82 Å². The molecular weight excluding hydrogens is 458 g/mol. The molecule has 0 bridgehead atoms. The summed E-state index contributed by atoms with van der Waals surface area (Å²) in [6.45, 7) is 1.93. The summed E-state index contributed by atoms with van der Waals surface area (Å²) in [5.41, 5.74) is 5.62. The summed E-state index contributed by atoms with van der Waals surface area (Å²) >= 11 is 0. The zero-order valence-corrected chi connectivity index (χ0v) is 19.8. The van der Waals surface area contributed by atoms with Crippen molar-refractivity contribution in [2.45, 2.75) is 19.4 Å². The minimum atomic E-state index is -1.12. The smallest absolute Gasteiger partial charge is 0.313 e. The predicted octanol–water partition coefficient (Wildman–Crippen LogP) is 2.83. The number of aromatic nitrogens is 3. The number of ketones is 1. The van der Waals surface area contributed by atoms with E-state index in [-0.39, 0.29) is 12.0 Å². The Morgan fingerprint density at radius 3 is 2.36 bits per heavy atom. The molecule has 4 rings (SSSR count). The molecule has 2 aromatic carbocycles. The molecule has 2 heterocycles. The van der Waals surface area contributed by atoms with E-state index in [2.05, 4.69) is 20.2 Å². The van der Waals surface area contributed by atoms with Crippen LogP contribution in [0.1, 0.15) is 21.5 Å². The van der Waals surface area contributed by atoms with Gasteiger partial charge in [-0.1, -0.05) is 60.7 Å². The molecule has 2 amide bonds.